The summed E-state index contributed by atoms with van der Waals surface area (Å²) < 4.78 is 0. The van der Waals surface area contributed by atoms with Gasteiger partial charge in [0.25, 0.3) is 0 Å². The van der Waals surface area contributed by atoms with E-state index in [2.05, 4.69) is 79.7 Å². The highest BCUT2D eigenvalue weighted by molar-refractivity contribution is 7.99. The van der Waals surface area contributed by atoms with Gasteiger partial charge in [0.1, 0.15) is 11.5 Å². The number of aryl methyl sites for hydroxylation is 2. The molecule has 1 fully saturated rings. The average molecular weight is 501 g/mol. The van der Waals surface area contributed by atoms with Gasteiger partial charge in [-0.1, -0.05) is 66.5 Å². The third kappa shape index (κ3) is 6.69. The molecular weight excluding hydrogens is 456 g/mol. The summed E-state index contributed by atoms with van der Waals surface area (Å²) in [4.78, 5) is 2.04. The summed E-state index contributed by atoms with van der Waals surface area (Å²) in [5.41, 5.74) is 4.36. The van der Waals surface area contributed by atoms with E-state index in [1.165, 1.54) is 36.8 Å². The molecule has 4 heteroatoms. The molecule has 0 saturated heterocycles. The van der Waals surface area contributed by atoms with Crippen molar-refractivity contribution in [1.82, 2.24) is 0 Å². The van der Waals surface area contributed by atoms with Crippen molar-refractivity contribution in [2.45, 2.75) is 102 Å². The van der Waals surface area contributed by atoms with Crippen molar-refractivity contribution in [3.63, 3.8) is 0 Å². The van der Waals surface area contributed by atoms with Gasteiger partial charge >= 0.3 is 0 Å². The van der Waals surface area contributed by atoms with Crippen molar-refractivity contribution in [2.24, 2.45) is 11.8 Å². The first-order chi connectivity index (χ1) is 15.8. The maximum Gasteiger partial charge on any atom is 0.132 e. The van der Waals surface area contributed by atoms with E-state index in [1.54, 1.807) is 0 Å². The Morgan fingerprint density at radius 1 is 0.676 bits per heavy atom. The summed E-state index contributed by atoms with van der Waals surface area (Å²) in [6, 6.07) is 8.53. The Hall–Kier alpha value is -1.26. The van der Waals surface area contributed by atoms with E-state index >= 15 is 0 Å². The van der Waals surface area contributed by atoms with Crippen LogP contribution in [0.4, 0.5) is 0 Å². The van der Waals surface area contributed by atoms with Crippen LogP contribution in [0.1, 0.15) is 89.5 Å². The SMILES string of the molecule is Cc1cc(SC[C@@H]2CCCC[C@H]2CSc2cc(C)cc(C(C)(C)C)c2O)c(O)c(C(C)(C)C)c1. The number of phenolic OH excluding ortho intramolecular Hbond substituents is 2. The standard InChI is InChI=1S/C30H44O2S2/c1-19-13-23(29(3,4)5)27(31)25(15-19)33-17-21-11-9-10-12-22(21)18-34-26-16-20(2)14-24(28(26)32)30(6,7)8/h13-16,21-22,31-32H,9-12,17-18H2,1-8H3/t21-,22-/m0/s1. The second-order valence-electron chi connectivity index (χ2n) is 12.2. The van der Waals surface area contributed by atoms with Gasteiger partial charge in [-0.3, -0.25) is 0 Å². The summed E-state index contributed by atoms with van der Waals surface area (Å²) in [7, 11) is 0. The van der Waals surface area contributed by atoms with Gasteiger partial charge < -0.3 is 10.2 Å². The largest absolute Gasteiger partial charge is 0.506 e. The van der Waals surface area contributed by atoms with Crippen molar-refractivity contribution in [3.8, 4) is 11.5 Å². The van der Waals surface area contributed by atoms with Gasteiger partial charge in [0.2, 0.25) is 0 Å². The molecule has 1 aliphatic carbocycles. The van der Waals surface area contributed by atoms with E-state index in [0.29, 0.717) is 23.3 Å². The molecule has 3 rings (SSSR count). The van der Waals surface area contributed by atoms with Crippen LogP contribution in [0.5, 0.6) is 11.5 Å². The van der Waals surface area contributed by atoms with E-state index in [-0.39, 0.29) is 10.8 Å². The molecule has 2 aromatic carbocycles. The fourth-order valence-corrected chi connectivity index (χ4v) is 7.67. The lowest BCUT2D eigenvalue weighted by Crippen LogP contribution is -2.23. The lowest BCUT2D eigenvalue weighted by molar-refractivity contribution is 0.287. The highest BCUT2D eigenvalue weighted by Crippen LogP contribution is 2.44. The molecule has 2 nitrogen and oxygen atoms in total. The zero-order valence-electron chi connectivity index (χ0n) is 22.4. The predicted molar refractivity (Wildman–Crippen MR) is 150 cm³/mol. The highest BCUT2D eigenvalue weighted by Gasteiger charge is 2.28. The molecule has 0 heterocycles. The average Bonchev–Trinajstić information content (AvgIpc) is 2.73. The molecule has 0 radical (unpaired) electrons. The summed E-state index contributed by atoms with van der Waals surface area (Å²) in [6.07, 6.45) is 5.10. The van der Waals surface area contributed by atoms with E-state index in [0.717, 1.165) is 32.4 Å². The van der Waals surface area contributed by atoms with Crippen molar-refractivity contribution in [2.75, 3.05) is 11.5 Å². The molecule has 0 aromatic heterocycles. The minimum atomic E-state index is -0.0723. The molecule has 0 unspecified atom stereocenters. The van der Waals surface area contributed by atoms with E-state index in [9.17, 15) is 10.2 Å². The third-order valence-electron chi connectivity index (χ3n) is 7.03. The summed E-state index contributed by atoms with van der Waals surface area (Å²) in [5.74, 6) is 4.28. The van der Waals surface area contributed by atoms with Crippen molar-refractivity contribution < 1.29 is 10.2 Å². The number of hydrogen-bond donors (Lipinski definition) is 2. The second-order valence-corrected chi connectivity index (χ2v) is 14.4. The van der Waals surface area contributed by atoms with Crippen LogP contribution in [0.3, 0.4) is 0 Å². The van der Waals surface area contributed by atoms with Crippen LogP contribution in [0, 0.1) is 25.7 Å². The Bertz CT molecular complexity index is 917. The van der Waals surface area contributed by atoms with Crippen LogP contribution in [0.15, 0.2) is 34.1 Å². The minimum Gasteiger partial charge on any atom is -0.506 e. The molecule has 2 aromatic rings. The second kappa shape index (κ2) is 10.8. The van der Waals surface area contributed by atoms with Gasteiger partial charge in [0.15, 0.2) is 0 Å². The lowest BCUT2D eigenvalue weighted by Gasteiger charge is -2.32. The van der Waals surface area contributed by atoms with Gasteiger partial charge in [-0.15, -0.1) is 23.5 Å². The Morgan fingerprint density at radius 3 is 1.35 bits per heavy atom. The molecule has 0 amide bonds. The van der Waals surface area contributed by atoms with Crippen molar-refractivity contribution in [1.29, 1.82) is 0 Å². The number of thioether (sulfide) groups is 2. The maximum atomic E-state index is 11.0. The Balaban J connectivity index is 1.72. The Morgan fingerprint density at radius 2 is 1.03 bits per heavy atom. The maximum absolute atomic E-state index is 11.0. The van der Waals surface area contributed by atoms with Crippen LogP contribution in [-0.2, 0) is 10.8 Å². The molecule has 0 spiro atoms. The van der Waals surface area contributed by atoms with Gasteiger partial charge in [-0.05, 0) is 72.6 Å². The third-order valence-corrected chi connectivity index (χ3v) is 9.46. The van der Waals surface area contributed by atoms with Crippen LogP contribution in [-0.4, -0.2) is 21.7 Å². The number of hydrogen-bond acceptors (Lipinski definition) is 4. The van der Waals surface area contributed by atoms with Crippen LogP contribution >= 0.6 is 23.5 Å². The lowest BCUT2D eigenvalue weighted by atomic mass is 9.81. The number of rotatable bonds is 6. The summed E-state index contributed by atoms with van der Waals surface area (Å²) in [5, 5.41) is 22.0. The molecule has 0 bridgehead atoms. The fraction of sp³-hybridized carbons (Fsp3) is 0.600. The molecular formula is C30H44O2S2. The van der Waals surface area contributed by atoms with Gasteiger partial charge in [0, 0.05) is 32.4 Å². The smallest absolute Gasteiger partial charge is 0.132 e. The minimum absolute atomic E-state index is 0.0723. The van der Waals surface area contributed by atoms with Gasteiger partial charge in [-0.2, -0.15) is 0 Å². The zero-order chi connectivity index (χ0) is 25.3. The molecule has 1 aliphatic rings. The molecule has 188 valence electrons. The highest BCUT2D eigenvalue weighted by atomic mass is 32.2. The zero-order valence-corrected chi connectivity index (χ0v) is 24.1. The van der Waals surface area contributed by atoms with Crippen LogP contribution in [0.25, 0.3) is 0 Å². The predicted octanol–water partition coefficient (Wildman–Crippen LogP) is 9.00. The van der Waals surface area contributed by atoms with E-state index in [1.807, 2.05) is 23.5 Å². The normalized spacial score (nSPS) is 19.4. The number of benzene rings is 2. The molecule has 1 saturated carbocycles. The van der Waals surface area contributed by atoms with Crippen LogP contribution < -0.4 is 0 Å². The molecule has 34 heavy (non-hydrogen) atoms. The van der Waals surface area contributed by atoms with Crippen molar-refractivity contribution >= 4 is 23.5 Å². The summed E-state index contributed by atoms with van der Waals surface area (Å²) >= 11 is 3.65. The molecule has 0 aliphatic heterocycles. The first kappa shape index (κ1) is 27.3. The van der Waals surface area contributed by atoms with Crippen molar-refractivity contribution in [3.05, 3.63) is 46.5 Å². The topological polar surface area (TPSA) is 40.5 Å². The van der Waals surface area contributed by atoms with E-state index < -0.39 is 0 Å². The first-order valence-electron chi connectivity index (χ1n) is 12.7. The first-order valence-corrected chi connectivity index (χ1v) is 14.7. The monoisotopic (exact) mass is 500 g/mol. The number of aromatic hydroxyl groups is 2. The molecule has 2 N–H and O–H groups in total. The van der Waals surface area contributed by atoms with Crippen LogP contribution in [0.2, 0.25) is 0 Å². The Kier molecular flexibility index (Phi) is 8.67. The quantitative estimate of drug-likeness (QED) is 0.388. The fourth-order valence-electron chi connectivity index (χ4n) is 4.97. The summed E-state index contributed by atoms with van der Waals surface area (Å²) in [6.45, 7) is 17.2. The Labute approximate surface area is 216 Å². The molecule has 2 atom stereocenters. The van der Waals surface area contributed by atoms with Gasteiger partial charge in [0.05, 0.1) is 0 Å². The number of phenols is 2. The van der Waals surface area contributed by atoms with Gasteiger partial charge in [-0.25, -0.2) is 0 Å². The van der Waals surface area contributed by atoms with E-state index in [4.69, 9.17) is 0 Å².